The third-order valence-corrected chi connectivity index (χ3v) is 6.11. The molecule has 2 N–H and O–H groups in total. The van der Waals surface area contributed by atoms with Gasteiger partial charge in [-0.3, -0.25) is 9.59 Å². The summed E-state index contributed by atoms with van der Waals surface area (Å²) in [5.41, 5.74) is 4.48. The van der Waals surface area contributed by atoms with E-state index in [1.165, 1.54) is 0 Å². The Morgan fingerprint density at radius 2 is 1.51 bits per heavy atom. The van der Waals surface area contributed by atoms with Crippen molar-refractivity contribution in [2.24, 2.45) is 0 Å². The highest BCUT2D eigenvalue weighted by Crippen LogP contribution is 2.31. The summed E-state index contributed by atoms with van der Waals surface area (Å²) in [6.45, 7) is 4.56. The number of hydrogen-bond donors (Lipinski definition) is 2. The molecule has 3 aromatic carbocycles. The second-order valence-corrected chi connectivity index (χ2v) is 8.81. The minimum atomic E-state index is -0.321. The number of aliphatic hydroxyl groups is 1. The quantitative estimate of drug-likeness (QED) is 0.211. The summed E-state index contributed by atoms with van der Waals surface area (Å²) >= 11 is 0. The minimum absolute atomic E-state index is 0.00415. The van der Waals surface area contributed by atoms with Crippen LogP contribution in [0.25, 0.3) is 22.4 Å². The number of Topliss-reactive ketones (excluding diaryl/α,β-unsaturated/α-hetero) is 1. The second-order valence-electron chi connectivity index (χ2n) is 8.81. The Morgan fingerprint density at radius 1 is 0.795 bits per heavy atom. The van der Waals surface area contributed by atoms with Gasteiger partial charge in [-0.25, -0.2) is 4.98 Å². The van der Waals surface area contributed by atoms with Crippen molar-refractivity contribution in [3.05, 3.63) is 96.1 Å². The van der Waals surface area contributed by atoms with Gasteiger partial charge in [0.05, 0.1) is 25.5 Å². The second kappa shape index (κ2) is 13.3. The number of amides is 1. The first-order valence-electron chi connectivity index (χ1n) is 13.0. The first-order valence-corrected chi connectivity index (χ1v) is 13.0. The Morgan fingerprint density at radius 3 is 2.26 bits per heavy atom. The molecule has 0 fully saturated rings. The largest absolute Gasteiger partial charge is 0.490 e. The molecule has 0 aliphatic rings. The Balaban J connectivity index is 1.52. The van der Waals surface area contributed by atoms with E-state index in [1.807, 2.05) is 74.5 Å². The van der Waals surface area contributed by atoms with Crippen LogP contribution >= 0.6 is 0 Å². The number of nitrogens with zero attached hydrogens (tertiary/aromatic N) is 1. The maximum Gasteiger partial charge on any atom is 0.225 e. The molecule has 0 saturated carbocycles. The van der Waals surface area contributed by atoms with Gasteiger partial charge in [-0.05, 0) is 60.9 Å². The molecule has 0 atom stereocenters. The zero-order valence-electron chi connectivity index (χ0n) is 22.1. The normalized spacial score (nSPS) is 10.6. The third-order valence-electron chi connectivity index (χ3n) is 6.11. The van der Waals surface area contributed by atoms with Crippen molar-refractivity contribution in [2.45, 2.75) is 33.3 Å². The molecule has 1 aromatic heterocycles. The van der Waals surface area contributed by atoms with Crippen LogP contribution in [0.2, 0.25) is 0 Å². The van der Waals surface area contributed by atoms with Crippen LogP contribution in [0.4, 0.5) is 5.82 Å². The van der Waals surface area contributed by atoms with Gasteiger partial charge < -0.3 is 19.9 Å². The SMILES string of the molecule is CCOc1ccc(C(=O)CCC(=O)Nc2cc(-c3ccccc3CO)cc(-c3ccccc3)n2)cc1OCC. The van der Waals surface area contributed by atoms with E-state index < -0.39 is 0 Å². The summed E-state index contributed by atoms with van der Waals surface area (Å²) in [7, 11) is 0. The molecule has 200 valence electrons. The number of carbonyl (C=O) groups excluding carboxylic acids is 2. The maximum atomic E-state index is 12.9. The number of aliphatic hydroxyl groups excluding tert-OH is 1. The van der Waals surface area contributed by atoms with Gasteiger partial charge >= 0.3 is 0 Å². The Kier molecular flexibility index (Phi) is 9.43. The number of nitrogens with one attached hydrogen (secondary N) is 1. The lowest BCUT2D eigenvalue weighted by atomic mass is 9.98. The smallest absolute Gasteiger partial charge is 0.225 e. The molecule has 7 heteroatoms. The predicted molar refractivity (Wildman–Crippen MR) is 152 cm³/mol. The number of ether oxygens (including phenoxy) is 2. The van der Waals surface area contributed by atoms with Gasteiger partial charge in [0.1, 0.15) is 5.82 Å². The van der Waals surface area contributed by atoms with Crippen LogP contribution < -0.4 is 14.8 Å². The van der Waals surface area contributed by atoms with Crippen molar-refractivity contribution >= 4 is 17.5 Å². The number of ketones is 1. The summed E-state index contributed by atoms with van der Waals surface area (Å²) < 4.78 is 11.2. The number of benzene rings is 3. The first-order chi connectivity index (χ1) is 19.0. The van der Waals surface area contributed by atoms with E-state index in [0.29, 0.717) is 41.8 Å². The fraction of sp³-hybridized carbons (Fsp3) is 0.219. The van der Waals surface area contributed by atoms with E-state index in [2.05, 4.69) is 10.3 Å². The molecule has 0 bridgehead atoms. The molecule has 4 aromatic rings. The third kappa shape index (κ3) is 7.09. The Bertz CT molecular complexity index is 1440. The van der Waals surface area contributed by atoms with Gasteiger partial charge in [-0.1, -0.05) is 54.6 Å². The van der Waals surface area contributed by atoms with Crippen LogP contribution in [0.5, 0.6) is 11.5 Å². The van der Waals surface area contributed by atoms with Crippen LogP contribution in [0.15, 0.2) is 84.9 Å². The van der Waals surface area contributed by atoms with E-state index in [1.54, 1.807) is 24.3 Å². The summed E-state index contributed by atoms with van der Waals surface area (Å²) in [6.07, 6.45) is 0.0276. The van der Waals surface area contributed by atoms with Crippen LogP contribution in [0, 0.1) is 0 Å². The van der Waals surface area contributed by atoms with Gasteiger partial charge in [-0.15, -0.1) is 0 Å². The number of hydrogen-bond acceptors (Lipinski definition) is 6. The lowest BCUT2D eigenvalue weighted by Gasteiger charge is -2.13. The number of carbonyl (C=O) groups is 2. The van der Waals surface area contributed by atoms with Crippen molar-refractivity contribution < 1.29 is 24.2 Å². The summed E-state index contributed by atoms with van der Waals surface area (Å²) in [4.78, 5) is 30.4. The zero-order chi connectivity index (χ0) is 27.6. The first kappa shape index (κ1) is 27.5. The van der Waals surface area contributed by atoms with Crippen LogP contribution in [0.3, 0.4) is 0 Å². The molecule has 1 heterocycles. The predicted octanol–water partition coefficient (Wildman–Crippen LogP) is 6.31. The molecule has 7 nitrogen and oxygen atoms in total. The van der Waals surface area contributed by atoms with Crippen molar-refractivity contribution in [2.75, 3.05) is 18.5 Å². The number of pyridine rings is 1. The summed E-state index contributed by atoms with van der Waals surface area (Å²) in [5, 5.41) is 12.7. The van der Waals surface area contributed by atoms with Crippen molar-refractivity contribution in [3.63, 3.8) is 0 Å². The molecular weight excluding hydrogens is 492 g/mol. The van der Waals surface area contributed by atoms with Gasteiger partial charge in [0.15, 0.2) is 17.3 Å². The monoisotopic (exact) mass is 524 g/mol. The average Bonchev–Trinajstić information content (AvgIpc) is 2.97. The lowest BCUT2D eigenvalue weighted by molar-refractivity contribution is -0.116. The molecular formula is C32H32N2O5. The van der Waals surface area contributed by atoms with E-state index >= 15 is 0 Å². The van der Waals surface area contributed by atoms with Gasteiger partial charge in [0.25, 0.3) is 0 Å². The van der Waals surface area contributed by atoms with E-state index in [9.17, 15) is 14.7 Å². The molecule has 39 heavy (non-hydrogen) atoms. The number of rotatable bonds is 12. The molecule has 1 amide bonds. The molecule has 0 spiro atoms. The standard InChI is InChI=1S/C32H32N2O5/c1-3-38-29-16-14-23(19-30(29)39-4-2)28(36)15-17-32(37)34-31-20-25(26-13-9-8-12-24(26)21-35)18-27(33-31)22-10-6-5-7-11-22/h5-14,16,18-20,35H,3-4,15,17,21H2,1-2H3,(H,33,34,37). The summed E-state index contributed by atoms with van der Waals surface area (Å²) in [6, 6.07) is 26.0. The summed E-state index contributed by atoms with van der Waals surface area (Å²) in [5.74, 6) is 0.969. The Hall–Kier alpha value is -4.49. The molecule has 0 aliphatic carbocycles. The number of aromatic nitrogens is 1. The Labute approximate surface area is 228 Å². The fourth-order valence-corrected chi connectivity index (χ4v) is 4.25. The lowest BCUT2D eigenvalue weighted by Crippen LogP contribution is -2.15. The maximum absolute atomic E-state index is 12.9. The van der Waals surface area contributed by atoms with Crippen molar-refractivity contribution in [1.29, 1.82) is 0 Å². The molecule has 0 saturated heterocycles. The van der Waals surface area contributed by atoms with Crippen LogP contribution in [0.1, 0.15) is 42.6 Å². The van der Waals surface area contributed by atoms with Crippen molar-refractivity contribution in [3.8, 4) is 33.9 Å². The van der Waals surface area contributed by atoms with Gasteiger partial charge in [-0.2, -0.15) is 0 Å². The minimum Gasteiger partial charge on any atom is -0.490 e. The molecule has 0 radical (unpaired) electrons. The van der Waals surface area contributed by atoms with Gasteiger partial charge in [0, 0.05) is 24.0 Å². The van der Waals surface area contributed by atoms with E-state index in [0.717, 1.165) is 22.3 Å². The fourth-order valence-electron chi connectivity index (χ4n) is 4.25. The molecule has 0 aliphatic heterocycles. The van der Waals surface area contributed by atoms with Gasteiger partial charge in [0.2, 0.25) is 5.91 Å². The topological polar surface area (TPSA) is 97.8 Å². The zero-order valence-corrected chi connectivity index (χ0v) is 22.1. The van der Waals surface area contributed by atoms with Crippen molar-refractivity contribution in [1.82, 2.24) is 4.98 Å². The molecule has 0 unspecified atom stereocenters. The van der Waals surface area contributed by atoms with Crippen LogP contribution in [-0.4, -0.2) is 35.0 Å². The average molecular weight is 525 g/mol. The number of anilines is 1. The van der Waals surface area contributed by atoms with Crippen LogP contribution in [-0.2, 0) is 11.4 Å². The highest BCUT2D eigenvalue weighted by molar-refractivity contribution is 6.00. The molecule has 4 rings (SSSR count). The van der Waals surface area contributed by atoms with E-state index in [-0.39, 0.29) is 31.1 Å². The highest BCUT2D eigenvalue weighted by Gasteiger charge is 2.15. The highest BCUT2D eigenvalue weighted by atomic mass is 16.5. The van der Waals surface area contributed by atoms with E-state index in [4.69, 9.17) is 9.47 Å².